The quantitative estimate of drug-likeness (QED) is 0.802. The van der Waals surface area contributed by atoms with Gasteiger partial charge < -0.3 is 9.47 Å². The summed E-state index contributed by atoms with van der Waals surface area (Å²) < 4.78 is 11.4. The molecule has 0 aromatic heterocycles. The van der Waals surface area contributed by atoms with E-state index in [1.807, 2.05) is 31.2 Å². The van der Waals surface area contributed by atoms with Gasteiger partial charge in [0.25, 0.3) is 0 Å². The average Bonchev–Trinajstić information content (AvgIpc) is 2.93. The predicted molar refractivity (Wildman–Crippen MR) is 81.5 cm³/mol. The van der Waals surface area contributed by atoms with Crippen molar-refractivity contribution in [2.45, 2.75) is 20.0 Å². The van der Waals surface area contributed by atoms with Crippen LogP contribution in [-0.4, -0.2) is 12.9 Å². The van der Waals surface area contributed by atoms with Crippen molar-refractivity contribution in [3.8, 4) is 11.5 Å². The van der Waals surface area contributed by atoms with Crippen LogP contribution in [0.15, 0.2) is 30.3 Å². The second-order valence-corrected chi connectivity index (χ2v) is 5.54. The minimum Gasteiger partial charge on any atom is -0.493 e. The lowest BCUT2D eigenvalue weighted by atomic mass is 10.1. The summed E-state index contributed by atoms with van der Waals surface area (Å²) in [5, 5.41) is 0.678. The van der Waals surface area contributed by atoms with Crippen molar-refractivity contribution in [1.82, 2.24) is 0 Å². The van der Waals surface area contributed by atoms with Gasteiger partial charge in [0.15, 0.2) is 6.29 Å². The molecule has 0 bridgehead atoms. The second-order valence-electron chi connectivity index (χ2n) is 5.10. The zero-order valence-corrected chi connectivity index (χ0v) is 12.4. The molecule has 3 rings (SSSR count). The topological polar surface area (TPSA) is 35.5 Å². The van der Waals surface area contributed by atoms with Crippen molar-refractivity contribution in [3.05, 3.63) is 57.6 Å². The highest BCUT2D eigenvalue weighted by molar-refractivity contribution is 6.30. The monoisotopic (exact) mass is 302 g/mol. The van der Waals surface area contributed by atoms with Gasteiger partial charge in [-0.05, 0) is 36.8 Å². The largest absolute Gasteiger partial charge is 0.493 e. The standard InChI is InChI=1S/C17H15ClO3/c1-11-2-3-16(13(6-11)9-19)21-10-14-8-15(18)7-12-4-5-20-17(12)14/h2-3,6-9H,4-5,10H2,1H3. The molecule has 2 aromatic rings. The first kappa shape index (κ1) is 14.0. The number of fused-ring (bicyclic) bond motifs is 1. The first-order chi connectivity index (χ1) is 10.2. The fraction of sp³-hybridized carbons (Fsp3) is 0.235. The van der Waals surface area contributed by atoms with Crippen LogP contribution in [-0.2, 0) is 13.0 Å². The van der Waals surface area contributed by atoms with Gasteiger partial charge in [-0.25, -0.2) is 0 Å². The lowest BCUT2D eigenvalue weighted by molar-refractivity contribution is 0.111. The van der Waals surface area contributed by atoms with E-state index in [2.05, 4.69) is 0 Å². The molecule has 0 saturated heterocycles. The highest BCUT2D eigenvalue weighted by Gasteiger charge is 2.18. The van der Waals surface area contributed by atoms with E-state index in [9.17, 15) is 4.79 Å². The van der Waals surface area contributed by atoms with Gasteiger partial charge in [0, 0.05) is 17.0 Å². The van der Waals surface area contributed by atoms with Crippen LogP contribution in [0.3, 0.4) is 0 Å². The maximum Gasteiger partial charge on any atom is 0.153 e. The highest BCUT2D eigenvalue weighted by Crippen LogP contribution is 2.33. The molecule has 0 saturated carbocycles. The molecule has 21 heavy (non-hydrogen) atoms. The summed E-state index contributed by atoms with van der Waals surface area (Å²) in [6.07, 6.45) is 1.67. The molecule has 4 heteroatoms. The molecule has 1 heterocycles. The summed E-state index contributed by atoms with van der Waals surface area (Å²) in [7, 11) is 0. The third-order valence-corrected chi connectivity index (χ3v) is 3.72. The van der Waals surface area contributed by atoms with Crippen LogP contribution in [0.5, 0.6) is 11.5 Å². The Kier molecular flexibility index (Phi) is 3.84. The van der Waals surface area contributed by atoms with Gasteiger partial charge in [-0.15, -0.1) is 0 Å². The summed E-state index contributed by atoms with van der Waals surface area (Å²) >= 11 is 6.12. The van der Waals surface area contributed by atoms with Crippen molar-refractivity contribution in [1.29, 1.82) is 0 Å². The van der Waals surface area contributed by atoms with E-state index >= 15 is 0 Å². The molecule has 0 radical (unpaired) electrons. The van der Waals surface area contributed by atoms with E-state index in [1.165, 1.54) is 0 Å². The van der Waals surface area contributed by atoms with Crippen LogP contribution in [0.4, 0.5) is 0 Å². The van der Waals surface area contributed by atoms with Gasteiger partial charge >= 0.3 is 0 Å². The van der Waals surface area contributed by atoms with Crippen LogP contribution in [0.25, 0.3) is 0 Å². The molecule has 0 amide bonds. The average molecular weight is 303 g/mol. The van der Waals surface area contributed by atoms with E-state index in [0.29, 0.717) is 29.5 Å². The van der Waals surface area contributed by atoms with Crippen molar-refractivity contribution in [2.75, 3.05) is 6.61 Å². The number of halogens is 1. The van der Waals surface area contributed by atoms with Gasteiger partial charge in [-0.2, -0.15) is 0 Å². The number of aldehydes is 1. The van der Waals surface area contributed by atoms with Gasteiger partial charge in [0.1, 0.15) is 18.1 Å². The fourth-order valence-corrected chi connectivity index (χ4v) is 2.76. The summed E-state index contributed by atoms with van der Waals surface area (Å²) in [5.41, 5.74) is 3.60. The maximum atomic E-state index is 11.1. The Bertz CT molecular complexity index is 695. The number of carbonyl (C=O) groups excluding carboxylic acids is 1. The molecule has 1 aliphatic heterocycles. The van der Waals surface area contributed by atoms with E-state index in [4.69, 9.17) is 21.1 Å². The lowest BCUT2D eigenvalue weighted by Crippen LogP contribution is -2.01. The molecule has 0 atom stereocenters. The second kappa shape index (κ2) is 5.78. The molecule has 0 N–H and O–H groups in total. The minimum absolute atomic E-state index is 0.326. The van der Waals surface area contributed by atoms with Crippen LogP contribution >= 0.6 is 11.6 Å². The van der Waals surface area contributed by atoms with Crippen molar-refractivity contribution in [3.63, 3.8) is 0 Å². The molecule has 0 fully saturated rings. The van der Waals surface area contributed by atoms with Crippen LogP contribution in [0.1, 0.15) is 27.0 Å². The first-order valence-electron chi connectivity index (χ1n) is 6.80. The van der Waals surface area contributed by atoms with Crippen molar-refractivity contribution >= 4 is 17.9 Å². The molecule has 0 aliphatic carbocycles. The molecule has 1 aliphatic rings. The van der Waals surface area contributed by atoms with Crippen molar-refractivity contribution in [2.24, 2.45) is 0 Å². The van der Waals surface area contributed by atoms with E-state index in [1.54, 1.807) is 6.07 Å². The van der Waals surface area contributed by atoms with Crippen LogP contribution in [0, 0.1) is 6.92 Å². The number of aryl methyl sites for hydroxylation is 1. The third-order valence-electron chi connectivity index (χ3n) is 3.50. The van der Waals surface area contributed by atoms with Gasteiger partial charge in [0.05, 0.1) is 12.2 Å². The summed E-state index contributed by atoms with van der Waals surface area (Å²) in [6.45, 7) is 2.94. The molecule has 2 aromatic carbocycles. The summed E-state index contributed by atoms with van der Waals surface area (Å²) in [5.74, 6) is 1.43. The number of hydrogen-bond donors (Lipinski definition) is 0. The SMILES string of the molecule is Cc1ccc(OCc2cc(Cl)cc3c2OCC3)c(C=O)c1. The molecule has 0 spiro atoms. The Morgan fingerprint density at radius 2 is 2.19 bits per heavy atom. The van der Waals surface area contributed by atoms with Crippen LogP contribution < -0.4 is 9.47 Å². The Balaban J connectivity index is 1.84. The van der Waals surface area contributed by atoms with E-state index in [-0.39, 0.29) is 0 Å². The maximum absolute atomic E-state index is 11.1. The molecular weight excluding hydrogens is 288 g/mol. The Morgan fingerprint density at radius 3 is 3.00 bits per heavy atom. The molecule has 0 unspecified atom stereocenters. The Morgan fingerprint density at radius 1 is 1.33 bits per heavy atom. The lowest BCUT2D eigenvalue weighted by Gasteiger charge is -2.12. The number of carbonyl (C=O) groups is 1. The van der Waals surface area contributed by atoms with Crippen LogP contribution in [0.2, 0.25) is 5.02 Å². The highest BCUT2D eigenvalue weighted by atomic mass is 35.5. The summed E-state index contributed by atoms with van der Waals surface area (Å²) in [4.78, 5) is 11.1. The number of hydrogen-bond acceptors (Lipinski definition) is 3. The number of benzene rings is 2. The van der Waals surface area contributed by atoms with Gasteiger partial charge in [-0.3, -0.25) is 4.79 Å². The molecule has 3 nitrogen and oxygen atoms in total. The number of ether oxygens (including phenoxy) is 2. The van der Waals surface area contributed by atoms with Gasteiger partial charge in [-0.1, -0.05) is 23.2 Å². The smallest absolute Gasteiger partial charge is 0.153 e. The first-order valence-corrected chi connectivity index (χ1v) is 7.18. The van der Waals surface area contributed by atoms with E-state index < -0.39 is 0 Å². The zero-order valence-electron chi connectivity index (χ0n) is 11.7. The van der Waals surface area contributed by atoms with Gasteiger partial charge in [0.2, 0.25) is 0 Å². The zero-order chi connectivity index (χ0) is 14.8. The fourth-order valence-electron chi connectivity index (χ4n) is 2.50. The van der Waals surface area contributed by atoms with Crippen molar-refractivity contribution < 1.29 is 14.3 Å². The number of rotatable bonds is 4. The molecule has 108 valence electrons. The Hall–Kier alpha value is -2.00. The Labute approximate surface area is 128 Å². The molecular formula is C17H15ClO3. The minimum atomic E-state index is 0.326. The third kappa shape index (κ3) is 2.88. The van der Waals surface area contributed by atoms with E-state index in [0.717, 1.165) is 35.1 Å². The predicted octanol–water partition coefficient (Wildman–Crippen LogP) is 3.97. The normalized spacial score (nSPS) is 12.7. The summed E-state index contributed by atoms with van der Waals surface area (Å²) in [6, 6.07) is 9.31.